The minimum Gasteiger partial charge on any atom is -0.491 e. The van der Waals surface area contributed by atoms with Gasteiger partial charge < -0.3 is 14.8 Å². The third kappa shape index (κ3) is 5.89. The summed E-state index contributed by atoms with van der Waals surface area (Å²) in [6.07, 6.45) is 1.62. The third-order valence-corrected chi connectivity index (χ3v) is 3.50. The first-order valence-electron chi connectivity index (χ1n) is 7.91. The zero-order chi connectivity index (χ0) is 17.2. The molecule has 0 bridgehead atoms. The fourth-order valence-electron chi connectivity index (χ4n) is 2.21. The summed E-state index contributed by atoms with van der Waals surface area (Å²) in [5.74, 6) is 0.664. The molecule has 0 aliphatic carbocycles. The molecule has 0 aromatic heterocycles. The molecule has 0 unspecified atom stereocenters. The van der Waals surface area contributed by atoms with Gasteiger partial charge in [-0.1, -0.05) is 42.5 Å². The van der Waals surface area contributed by atoms with E-state index in [1.165, 1.54) is 0 Å². The number of carbonyl (C=O) groups is 1. The molecule has 0 heterocycles. The van der Waals surface area contributed by atoms with Crippen LogP contribution in [0.3, 0.4) is 0 Å². The molecule has 0 saturated heterocycles. The molecule has 1 amide bonds. The number of rotatable bonds is 8. The summed E-state index contributed by atoms with van der Waals surface area (Å²) in [7, 11) is 1.64. The van der Waals surface area contributed by atoms with Crippen molar-refractivity contribution in [1.82, 2.24) is 5.32 Å². The molecular formula is C20H23NO3. The van der Waals surface area contributed by atoms with Crippen molar-refractivity contribution in [2.45, 2.75) is 13.5 Å². The second-order valence-corrected chi connectivity index (χ2v) is 5.40. The predicted octanol–water partition coefficient (Wildman–Crippen LogP) is 3.43. The maximum atomic E-state index is 12.1. The molecule has 1 N–H and O–H groups in total. The van der Waals surface area contributed by atoms with E-state index in [1.54, 1.807) is 13.2 Å². The summed E-state index contributed by atoms with van der Waals surface area (Å²) < 4.78 is 10.5. The van der Waals surface area contributed by atoms with Crippen LogP contribution in [0, 0.1) is 0 Å². The maximum Gasteiger partial charge on any atom is 0.244 e. The number of amides is 1. The zero-order valence-electron chi connectivity index (χ0n) is 14.1. The van der Waals surface area contributed by atoms with Crippen molar-refractivity contribution >= 4 is 11.5 Å². The first-order valence-corrected chi connectivity index (χ1v) is 7.91. The van der Waals surface area contributed by atoms with E-state index in [9.17, 15) is 4.79 Å². The molecule has 24 heavy (non-hydrogen) atoms. The Hall–Kier alpha value is -2.59. The quantitative estimate of drug-likeness (QED) is 0.597. The highest BCUT2D eigenvalue weighted by Crippen LogP contribution is 2.14. The summed E-state index contributed by atoms with van der Waals surface area (Å²) in [6, 6.07) is 17.5. The van der Waals surface area contributed by atoms with Crippen LogP contribution in [0.5, 0.6) is 5.75 Å². The number of allylic oxidation sites excluding steroid dienone is 1. The first kappa shape index (κ1) is 17.8. The van der Waals surface area contributed by atoms with Crippen LogP contribution in [-0.2, 0) is 16.1 Å². The normalized spacial score (nSPS) is 11.2. The van der Waals surface area contributed by atoms with E-state index in [4.69, 9.17) is 9.47 Å². The SMILES string of the molecule is COCCOc1cccc(CNC(=O)/C=C(/C)c2ccccc2)c1. The lowest BCUT2D eigenvalue weighted by atomic mass is 10.1. The third-order valence-electron chi connectivity index (χ3n) is 3.50. The minimum absolute atomic E-state index is 0.109. The van der Waals surface area contributed by atoms with Crippen LogP contribution in [0.1, 0.15) is 18.1 Å². The summed E-state index contributed by atoms with van der Waals surface area (Å²) >= 11 is 0. The van der Waals surface area contributed by atoms with E-state index < -0.39 is 0 Å². The smallest absolute Gasteiger partial charge is 0.244 e. The Morgan fingerprint density at radius 2 is 1.88 bits per heavy atom. The van der Waals surface area contributed by atoms with Gasteiger partial charge in [-0.3, -0.25) is 4.79 Å². The van der Waals surface area contributed by atoms with Crippen LogP contribution in [0.2, 0.25) is 0 Å². The van der Waals surface area contributed by atoms with Gasteiger partial charge in [-0.2, -0.15) is 0 Å². The number of benzene rings is 2. The molecule has 4 nitrogen and oxygen atoms in total. The van der Waals surface area contributed by atoms with Crippen molar-refractivity contribution in [2.75, 3.05) is 20.3 Å². The Balaban J connectivity index is 1.88. The molecule has 0 radical (unpaired) electrons. The highest BCUT2D eigenvalue weighted by Gasteiger charge is 2.02. The average Bonchev–Trinajstić information content (AvgIpc) is 2.61. The second kappa shape index (κ2) is 9.53. The van der Waals surface area contributed by atoms with Crippen molar-refractivity contribution in [3.8, 4) is 5.75 Å². The average molecular weight is 325 g/mol. The summed E-state index contributed by atoms with van der Waals surface area (Å²) in [4.78, 5) is 12.1. The van der Waals surface area contributed by atoms with E-state index in [0.29, 0.717) is 19.8 Å². The van der Waals surface area contributed by atoms with Crippen molar-refractivity contribution in [3.05, 3.63) is 71.8 Å². The van der Waals surface area contributed by atoms with Crippen LogP contribution in [0.4, 0.5) is 0 Å². The van der Waals surface area contributed by atoms with Crippen LogP contribution in [0.15, 0.2) is 60.7 Å². The molecule has 0 fully saturated rings. The number of nitrogens with one attached hydrogen (secondary N) is 1. The fraction of sp³-hybridized carbons (Fsp3) is 0.250. The first-order chi connectivity index (χ1) is 11.7. The Morgan fingerprint density at radius 3 is 2.62 bits per heavy atom. The summed E-state index contributed by atoms with van der Waals surface area (Å²) in [6.45, 7) is 3.44. The lowest BCUT2D eigenvalue weighted by molar-refractivity contribution is -0.116. The molecule has 0 aliphatic rings. The Kier molecular flexibility index (Phi) is 7.05. The molecule has 2 aromatic carbocycles. The lowest BCUT2D eigenvalue weighted by Crippen LogP contribution is -2.20. The highest BCUT2D eigenvalue weighted by molar-refractivity contribution is 5.94. The number of hydrogen-bond donors (Lipinski definition) is 1. The molecule has 0 saturated carbocycles. The van der Waals surface area contributed by atoms with Crippen molar-refractivity contribution in [3.63, 3.8) is 0 Å². The van der Waals surface area contributed by atoms with Gasteiger partial charge in [0.1, 0.15) is 12.4 Å². The molecule has 126 valence electrons. The van der Waals surface area contributed by atoms with E-state index in [-0.39, 0.29) is 5.91 Å². The molecule has 4 heteroatoms. The summed E-state index contributed by atoms with van der Waals surface area (Å²) in [5.41, 5.74) is 2.97. The van der Waals surface area contributed by atoms with Gasteiger partial charge in [0.2, 0.25) is 5.91 Å². The highest BCUT2D eigenvalue weighted by atomic mass is 16.5. The zero-order valence-corrected chi connectivity index (χ0v) is 14.1. The molecule has 0 spiro atoms. The number of hydrogen-bond acceptors (Lipinski definition) is 3. The number of ether oxygens (including phenoxy) is 2. The van der Waals surface area contributed by atoms with Crippen LogP contribution < -0.4 is 10.1 Å². The van der Waals surface area contributed by atoms with Gasteiger partial charge in [0.25, 0.3) is 0 Å². The van der Waals surface area contributed by atoms with E-state index >= 15 is 0 Å². The molecular weight excluding hydrogens is 302 g/mol. The van der Waals surface area contributed by atoms with E-state index in [1.807, 2.05) is 61.5 Å². The van der Waals surface area contributed by atoms with Gasteiger partial charge in [0, 0.05) is 19.7 Å². The van der Waals surface area contributed by atoms with Gasteiger partial charge >= 0.3 is 0 Å². The Bertz CT molecular complexity index is 680. The number of methoxy groups -OCH3 is 1. The van der Waals surface area contributed by atoms with Gasteiger partial charge in [0.15, 0.2) is 0 Å². The molecule has 2 rings (SSSR count). The minimum atomic E-state index is -0.109. The fourth-order valence-corrected chi connectivity index (χ4v) is 2.21. The van der Waals surface area contributed by atoms with Crippen LogP contribution in [-0.4, -0.2) is 26.2 Å². The van der Waals surface area contributed by atoms with E-state index in [2.05, 4.69) is 5.32 Å². The molecule has 2 aromatic rings. The van der Waals surface area contributed by atoms with Gasteiger partial charge in [-0.25, -0.2) is 0 Å². The van der Waals surface area contributed by atoms with Gasteiger partial charge in [0.05, 0.1) is 6.61 Å². The van der Waals surface area contributed by atoms with Crippen molar-refractivity contribution in [1.29, 1.82) is 0 Å². The topological polar surface area (TPSA) is 47.6 Å². The Morgan fingerprint density at radius 1 is 1.08 bits per heavy atom. The van der Waals surface area contributed by atoms with Crippen molar-refractivity contribution < 1.29 is 14.3 Å². The van der Waals surface area contributed by atoms with Crippen LogP contribution in [0.25, 0.3) is 5.57 Å². The van der Waals surface area contributed by atoms with Crippen molar-refractivity contribution in [2.24, 2.45) is 0 Å². The van der Waals surface area contributed by atoms with E-state index in [0.717, 1.165) is 22.4 Å². The molecule has 0 atom stereocenters. The summed E-state index contributed by atoms with van der Waals surface area (Å²) in [5, 5.41) is 2.90. The maximum absolute atomic E-state index is 12.1. The number of carbonyl (C=O) groups excluding carboxylic acids is 1. The van der Waals surface area contributed by atoms with Gasteiger partial charge in [-0.15, -0.1) is 0 Å². The largest absolute Gasteiger partial charge is 0.491 e. The molecule has 0 aliphatic heterocycles. The van der Waals surface area contributed by atoms with Gasteiger partial charge in [-0.05, 0) is 35.8 Å². The predicted molar refractivity (Wildman–Crippen MR) is 95.8 cm³/mol. The second-order valence-electron chi connectivity index (χ2n) is 5.40. The Labute approximate surface area is 143 Å². The van der Waals surface area contributed by atoms with Crippen LogP contribution >= 0.6 is 0 Å². The standard InChI is InChI=1S/C20H23NO3/c1-16(18-8-4-3-5-9-18)13-20(22)21-15-17-7-6-10-19(14-17)24-12-11-23-2/h3-10,13-14H,11-12,15H2,1-2H3,(H,21,22)/b16-13-. The monoisotopic (exact) mass is 325 g/mol. The lowest BCUT2D eigenvalue weighted by Gasteiger charge is -2.08.